The lowest BCUT2D eigenvalue weighted by Crippen LogP contribution is -1.83. The van der Waals surface area contributed by atoms with Crippen LogP contribution < -0.4 is 4.74 Å². The summed E-state index contributed by atoms with van der Waals surface area (Å²) in [5, 5.41) is 3.02. The smallest absolute Gasteiger partial charge is 0.118 e. The minimum Gasteiger partial charge on any atom is -0.497 e. The van der Waals surface area contributed by atoms with Gasteiger partial charge in [-0.25, -0.2) is 0 Å². The minimum atomic E-state index is 0.485. The molecule has 0 radical (unpaired) electrons. The van der Waals surface area contributed by atoms with Gasteiger partial charge in [0.2, 0.25) is 0 Å². The van der Waals surface area contributed by atoms with Gasteiger partial charge in [-0.2, -0.15) is 0 Å². The predicted molar refractivity (Wildman–Crippen MR) is 68.6 cm³/mol. The molecule has 0 aliphatic carbocycles. The molecule has 0 amide bonds. The molecular weight excluding hydrogens is 214 g/mol. The van der Waals surface area contributed by atoms with Gasteiger partial charge in [0.05, 0.1) is 7.11 Å². The van der Waals surface area contributed by atoms with Gasteiger partial charge >= 0.3 is 0 Å². The van der Waals surface area contributed by atoms with Gasteiger partial charge in [-0.15, -0.1) is 4.91 Å². The zero-order chi connectivity index (χ0) is 12.3. The molecule has 0 saturated heterocycles. The van der Waals surface area contributed by atoms with Gasteiger partial charge in [-0.1, -0.05) is 24.3 Å². The summed E-state index contributed by atoms with van der Waals surface area (Å²) in [5.41, 5.74) is 3.39. The van der Waals surface area contributed by atoms with Crippen molar-refractivity contribution in [3.8, 4) is 16.9 Å². The van der Waals surface area contributed by atoms with Crippen LogP contribution in [-0.4, -0.2) is 7.11 Å². The lowest BCUT2D eigenvalue weighted by atomic mass is 10.0. The molecule has 0 unspecified atom stereocenters. The second-order valence-corrected chi connectivity index (χ2v) is 3.82. The van der Waals surface area contributed by atoms with E-state index in [2.05, 4.69) is 5.18 Å². The van der Waals surface area contributed by atoms with Crippen molar-refractivity contribution in [3.63, 3.8) is 0 Å². The molecule has 0 saturated carbocycles. The largest absolute Gasteiger partial charge is 0.497 e. The van der Waals surface area contributed by atoms with Gasteiger partial charge in [-0.3, -0.25) is 0 Å². The maximum atomic E-state index is 10.6. The van der Waals surface area contributed by atoms with Gasteiger partial charge in [0.15, 0.2) is 0 Å². The number of nitroso groups, excluding NO2 is 1. The Morgan fingerprint density at radius 3 is 2.24 bits per heavy atom. The first kappa shape index (κ1) is 11.3. The Morgan fingerprint density at radius 1 is 1.00 bits per heavy atom. The standard InChI is InChI=1S/C14H13NO2/c1-10-3-4-12(9-14(10)15-16)11-5-7-13(17-2)8-6-11/h3-9H,1-2H3. The number of ether oxygens (including phenoxy) is 1. The van der Waals surface area contributed by atoms with Gasteiger partial charge in [0.1, 0.15) is 11.4 Å². The van der Waals surface area contributed by atoms with E-state index in [1.807, 2.05) is 43.3 Å². The molecule has 3 nitrogen and oxygen atoms in total. The van der Waals surface area contributed by atoms with Crippen molar-refractivity contribution in [1.29, 1.82) is 0 Å². The Kier molecular flexibility index (Phi) is 3.19. The minimum absolute atomic E-state index is 0.485. The number of benzene rings is 2. The molecule has 0 atom stereocenters. The number of aryl methyl sites for hydroxylation is 1. The van der Waals surface area contributed by atoms with Gasteiger partial charge in [0, 0.05) is 0 Å². The first-order chi connectivity index (χ1) is 8.24. The lowest BCUT2D eigenvalue weighted by Gasteiger charge is -2.05. The van der Waals surface area contributed by atoms with E-state index in [1.54, 1.807) is 13.2 Å². The fourth-order valence-electron chi connectivity index (χ4n) is 1.67. The van der Waals surface area contributed by atoms with E-state index in [0.29, 0.717) is 5.69 Å². The average molecular weight is 227 g/mol. The summed E-state index contributed by atoms with van der Waals surface area (Å²) in [6.07, 6.45) is 0. The van der Waals surface area contributed by atoms with E-state index in [4.69, 9.17) is 4.74 Å². The fourth-order valence-corrected chi connectivity index (χ4v) is 1.67. The highest BCUT2D eigenvalue weighted by molar-refractivity contribution is 5.69. The van der Waals surface area contributed by atoms with Crippen molar-refractivity contribution >= 4 is 5.69 Å². The van der Waals surface area contributed by atoms with Crippen LogP contribution in [0.1, 0.15) is 5.56 Å². The van der Waals surface area contributed by atoms with Crippen molar-refractivity contribution < 1.29 is 4.74 Å². The second-order valence-electron chi connectivity index (χ2n) is 3.82. The van der Waals surface area contributed by atoms with Gasteiger partial charge < -0.3 is 4.74 Å². The molecule has 0 fully saturated rings. The zero-order valence-corrected chi connectivity index (χ0v) is 9.81. The molecular formula is C14H13NO2. The molecule has 2 aromatic carbocycles. The molecule has 0 bridgehead atoms. The number of rotatable bonds is 3. The van der Waals surface area contributed by atoms with E-state index < -0.39 is 0 Å². The Morgan fingerprint density at radius 2 is 1.65 bits per heavy atom. The number of methoxy groups -OCH3 is 1. The molecule has 3 heteroatoms. The van der Waals surface area contributed by atoms with Crippen molar-refractivity contribution in [3.05, 3.63) is 52.9 Å². The van der Waals surface area contributed by atoms with Crippen LogP contribution in [0.3, 0.4) is 0 Å². The summed E-state index contributed by atoms with van der Waals surface area (Å²) >= 11 is 0. The van der Waals surface area contributed by atoms with Crippen molar-refractivity contribution in [1.82, 2.24) is 0 Å². The molecule has 2 aromatic rings. The molecule has 0 heterocycles. The third-order valence-electron chi connectivity index (χ3n) is 2.73. The molecule has 0 aromatic heterocycles. The van der Waals surface area contributed by atoms with Crippen LogP contribution >= 0.6 is 0 Å². The summed E-state index contributed by atoms with van der Waals surface area (Å²) < 4.78 is 5.10. The van der Waals surface area contributed by atoms with Crippen molar-refractivity contribution in [2.24, 2.45) is 5.18 Å². The maximum Gasteiger partial charge on any atom is 0.118 e. The van der Waals surface area contributed by atoms with E-state index in [-0.39, 0.29) is 0 Å². The quantitative estimate of drug-likeness (QED) is 0.741. The summed E-state index contributed by atoms with van der Waals surface area (Å²) in [6, 6.07) is 13.4. The van der Waals surface area contributed by atoms with Crippen LogP contribution in [0.2, 0.25) is 0 Å². The third-order valence-corrected chi connectivity index (χ3v) is 2.73. The Balaban J connectivity index is 2.41. The third kappa shape index (κ3) is 2.33. The first-order valence-corrected chi connectivity index (χ1v) is 5.33. The van der Waals surface area contributed by atoms with Crippen LogP contribution in [-0.2, 0) is 0 Å². The highest BCUT2D eigenvalue weighted by Crippen LogP contribution is 2.28. The summed E-state index contributed by atoms with van der Waals surface area (Å²) in [5.74, 6) is 0.814. The van der Waals surface area contributed by atoms with Crippen LogP contribution in [0.25, 0.3) is 11.1 Å². The van der Waals surface area contributed by atoms with Crippen LogP contribution in [0, 0.1) is 11.8 Å². The van der Waals surface area contributed by atoms with Crippen LogP contribution in [0.4, 0.5) is 5.69 Å². The molecule has 17 heavy (non-hydrogen) atoms. The van der Waals surface area contributed by atoms with Crippen LogP contribution in [0.15, 0.2) is 47.6 Å². The second kappa shape index (κ2) is 4.78. The number of hydrogen-bond donors (Lipinski definition) is 0. The monoisotopic (exact) mass is 227 g/mol. The highest BCUT2D eigenvalue weighted by Gasteiger charge is 2.03. The highest BCUT2D eigenvalue weighted by atomic mass is 16.5. The predicted octanol–water partition coefficient (Wildman–Crippen LogP) is 4.07. The van der Waals surface area contributed by atoms with Crippen molar-refractivity contribution in [2.45, 2.75) is 6.92 Å². The molecule has 86 valence electrons. The van der Waals surface area contributed by atoms with E-state index in [0.717, 1.165) is 22.4 Å². The molecule has 0 aliphatic heterocycles. The molecule has 0 spiro atoms. The van der Waals surface area contributed by atoms with Crippen molar-refractivity contribution in [2.75, 3.05) is 7.11 Å². The van der Waals surface area contributed by atoms with E-state index in [9.17, 15) is 4.91 Å². The first-order valence-electron chi connectivity index (χ1n) is 5.33. The fraction of sp³-hybridized carbons (Fsp3) is 0.143. The molecule has 0 N–H and O–H groups in total. The summed E-state index contributed by atoms with van der Waals surface area (Å²) in [6.45, 7) is 1.87. The van der Waals surface area contributed by atoms with Gasteiger partial charge in [0.25, 0.3) is 0 Å². The van der Waals surface area contributed by atoms with E-state index in [1.165, 1.54) is 0 Å². The lowest BCUT2D eigenvalue weighted by molar-refractivity contribution is 0.415. The van der Waals surface area contributed by atoms with E-state index >= 15 is 0 Å². The normalized spacial score (nSPS) is 10.0. The maximum absolute atomic E-state index is 10.6. The molecule has 0 aliphatic rings. The Labute approximate surface area is 100 Å². The summed E-state index contributed by atoms with van der Waals surface area (Å²) in [7, 11) is 1.63. The molecule has 2 rings (SSSR count). The topological polar surface area (TPSA) is 38.7 Å². The SMILES string of the molecule is COc1ccc(-c2ccc(C)c(N=O)c2)cc1. The average Bonchev–Trinajstić information content (AvgIpc) is 2.39. The van der Waals surface area contributed by atoms with Gasteiger partial charge in [-0.05, 0) is 47.0 Å². The Hall–Kier alpha value is -2.16. The summed E-state index contributed by atoms with van der Waals surface area (Å²) in [4.78, 5) is 10.6. The van der Waals surface area contributed by atoms with Crippen LogP contribution in [0.5, 0.6) is 5.75 Å². The zero-order valence-electron chi connectivity index (χ0n) is 9.81. The number of hydrogen-bond acceptors (Lipinski definition) is 3. The Bertz CT molecular complexity index is 532. The number of nitrogens with zero attached hydrogens (tertiary/aromatic N) is 1.